The van der Waals surface area contributed by atoms with Crippen molar-refractivity contribution in [3.63, 3.8) is 0 Å². The summed E-state index contributed by atoms with van der Waals surface area (Å²) in [5.74, 6) is -0.0509. The van der Waals surface area contributed by atoms with Gasteiger partial charge in [-0.3, -0.25) is 4.79 Å². The zero-order chi connectivity index (χ0) is 12.3. The molecule has 1 unspecified atom stereocenters. The molecule has 0 heterocycles. The van der Waals surface area contributed by atoms with Crippen molar-refractivity contribution < 1.29 is 4.79 Å². The second-order valence-corrected chi connectivity index (χ2v) is 4.89. The first-order chi connectivity index (χ1) is 7.38. The van der Waals surface area contributed by atoms with E-state index in [0.717, 1.165) is 0 Å². The van der Waals surface area contributed by atoms with Gasteiger partial charge in [0.05, 0.1) is 5.54 Å². The Hall–Kier alpha value is -0.570. The van der Waals surface area contributed by atoms with E-state index in [0.29, 0.717) is 22.0 Å². The van der Waals surface area contributed by atoms with E-state index >= 15 is 0 Å². The molecule has 0 aromatic heterocycles. The third kappa shape index (κ3) is 2.97. The lowest BCUT2D eigenvalue weighted by Crippen LogP contribution is -2.45. The van der Waals surface area contributed by atoms with Gasteiger partial charge in [-0.05, 0) is 31.0 Å². The van der Waals surface area contributed by atoms with Crippen LogP contribution in [0.5, 0.6) is 0 Å². The maximum Gasteiger partial charge on any atom is 0.156 e. The van der Waals surface area contributed by atoms with Gasteiger partial charge in [-0.15, -0.1) is 0 Å². The van der Waals surface area contributed by atoms with Crippen molar-refractivity contribution in [2.45, 2.75) is 32.2 Å². The van der Waals surface area contributed by atoms with Crippen molar-refractivity contribution in [3.05, 3.63) is 33.8 Å². The van der Waals surface area contributed by atoms with Gasteiger partial charge < -0.3 is 5.73 Å². The molecular weight excluding hydrogens is 245 g/mol. The van der Waals surface area contributed by atoms with Crippen molar-refractivity contribution >= 4 is 29.0 Å². The van der Waals surface area contributed by atoms with Gasteiger partial charge in [0.2, 0.25) is 0 Å². The molecule has 0 fully saturated rings. The minimum atomic E-state index is -0.817. The first-order valence-electron chi connectivity index (χ1n) is 5.13. The van der Waals surface area contributed by atoms with Crippen molar-refractivity contribution in [2.24, 2.45) is 5.73 Å². The molecular formula is C12H15Cl2NO. The molecule has 0 spiro atoms. The monoisotopic (exact) mass is 259 g/mol. The minimum Gasteiger partial charge on any atom is -0.319 e. The number of benzene rings is 1. The summed E-state index contributed by atoms with van der Waals surface area (Å²) in [4.78, 5) is 11.9. The van der Waals surface area contributed by atoms with Gasteiger partial charge >= 0.3 is 0 Å². The number of carbonyl (C=O) groups is 1. The standard InChI is InChI=1S/C12H15Cl2NO/c1-3-12(2,15)11(16)7-8-9(13)5-4-6-10(8)14/h4-6H,3,7,15H2,1-2H3. The molecule has 16 heavy (non-hydrogen) atoms. The van der Waals surface area contributed by atoms with Crippen molar-refractivity contribution in [1.82, 2.24) is 0 Å². The molecule has 1 aromatic rings. The normalized spacial score (nSPS) is 14.6. The highest BCUT2D eigenvalue weighted by atomic mass is 35.5. The fraction of sp³-hybridized carbons (Fsp3) is 0.417. The third-order valence-corrected chi connectivity index (χ3v) is 3.48. The summed E-state index contributed by atoms with van der Waals surface area (Å²) in [6.07, 6.45) is 0.771. The summed E-state index contributed by atoms with van der Waals surface area (Å²) in [6.45, 7) is 3.60. The maximum atomic E-state index is 11.9. The number of Topliss-reactive ketones (excluding diaryl/α,β-unsaturated/α-hetero) is 1. The van der Waals surface area contributed by atoms with E-state index in [1.54, 1.807) is 25.1 Å². The van der Waals surface area contributed by atoms with Gasteiger partial charge in [0.1, 0.15) is 0 Å². The molecule has 2 nitrogen and oxygen atoms in total. The number of hydrogen-bond donors (Lipinski definition) is 1. The van der Waals surface area contributed by atoms with Crippen LogP contribution in [0.3, 0.4) is 0 Å². The number of ketones is 1. The highest BCUT2D eigenvalue weighted by Crippen LogP contribution is 2.26. The second-order valence-electron chi connectivity index (χ2n) is 4.07. The van der Waals surface area contributed by atoms with Crippen LogP contribution in [-0.2, 0) is 11.2 Å². The highest BCUT2D eigenvalue weighted by Gasteiger charge is 2.26. The van der Waals surface area contributed by atoms with E-state index in [1.165, 1.54) is 0 Å². The van der Waals surface area contributed by atoms with E-state index in [-0.39, 0.29) is 12.2 Å². The SMILES string of the molecule is CCC(C)(N)C(=O)Cc1c(Cl)cccc1Cl. The van der Waals surface area contributed by atoms with Crippen LogP contribution in [-0.4, -0.2) is 11.3 Å². The van der Waals surface area contributed by atoms with E-state index in [9.17, 15) is 4.79 Å². The predicted octanol–water partition coefficient (Wildman–Crippen LogP) is 3.23. The Morgan fingerprint density at radius 3 is 2.31 bits per heavy atom. The Morgan fingerprint density at radius 2 is 1.88 bits per heavy atom. The summed E-state index contributed by atoms with van der Waals surface area (Å²) in [7, 11) is 0. The van der Waals surface area contributed by atoms with E-state index in [4.69, 9.17) is 28.9 Å². The van der Waals surface area contributed by atoms with Crippen molar-refractivity contribution in [3.8, 4) is 0 Å². The second kappa shape index (κ2) is 5.17. The molecule has 4 heteroatoms. The van der Waals surface area contributed by atoms with Gasteiger partial charge in [0.15, 0.2) is 5.78 Å². The Morgan fingerprint density at radius 1 is 1.38 bits per heavy atom. The predicted molar refractivity (Wildman–Crippen MR) is 68.1 cm³/mol. The molecule has 0 saturated heterocycles. The highest BCUT2D eigenvalue weighted by molar-refractivity contribution is 6.36. The van der Waals surface area contributed by atoms with Gasteiger partial charge in [-0.25, -0.2) is 0 Å². The van der Waals surface area contributed by atoms with Crippen LogP contribution in [0.2, 0.25) is 10.0 Å². The van der Waals surface area contributed by atoms with Crippen LogP contribution in [0.4, 0.5) is 0 Å². The first-order valence-corrected chi connectivity index (χ1v) is 5.89. The lowest BCUT2D eigenvalue weighted by atomic mass is 9.90. The number of carbonyl (C=O) groups excluding carboxylic acids is 1. The molecule has 0 aliphatic rings. The number of halogens is 2. The molecule has 1 rings (SSSR count). The fourth-order valence-corrected chi connectivity index (χ4v) is 1.79. The summed E-state index contributed by atoms with van der Waals surface area (Å²) >= 11 is 12.0. The van der Waals surface area contributed by atoms with Crippen LogP contribution >= 0.6 is 23.2 Å². The molecule has 0 radical (unpaired) electrons. The van der Waals surface area contributed by atoms with Crippen LogP contribution < -0.4 is 5.73 Å². The third-order valence-electron chi connectivity index (χ3n) is 2.77. The number of rotatable bonds is 4. The largest absolute Gasteiger partial charge is 0.319 e. The fourth-order valence-electron chi connectivity index (χ4n) is 1.26. The topological polar surface area (TPSA) is 43.1 Å². The molecule has 0 saturated carbocycles. The zero-order valence-electron chi connectivity index (χ0n) is 9.39. The Kier molecular flexibility index (Phi) is 4.36. The molecule has 0 aliphatic carbocycles. The quantitative estimate of drug-likeness (QED) is 0.903. The number of nitrogens with two attached hydrogens (primary N) is 1. The van der Waals surface area contributed by atoms with Gasteiger partial charge in [0, 0.05) is 16.5 Å². The molecule has 2 N–H and O–H groups in total. The average Bonchev–Trinajstić information content (AvgIpc) is 2.23. The molecule has 0 bridgehead atoms. The smallest absolute Gasteiger partial charge is 0.156 e. The molecule has 88 valence electrons. The average molecular weight is 260 g/mol. The number of hydrogen-bond acceptors (Lipinski definition) is 2. The maximum absolute atomic E-state index is 11.9. The Labute approximate surface area is 106 Å². The van der Waals surface area contributed by atoms with Crippen molar-refractivity contribution in [2.75, 3.05) is 0 Å². The van der Waals surface area contributed by atoms with E-state index < -0.39 is 5.54 Å². The summed E-state index contributed by atoms with van der Waals surface area (Å²) in [5, 5.41) is 1.01. The molecule has 1 aromatic carbocycles. The molecule has 0 aliphatic heterocycles. The summed E-state index contributed by atoms with van der Waals surface area (Å²) < 4.78 is 0. The lowest BCUT2D eigenvalue weighted by Gasteiger charge is -2.21. The van der Waals surface area contributed by atoms with Crippen LogP contribution in [0.1, 0.15) is 25.8 Å². The van der Waals surface area contributed by atoms with Crippen LogP contribution in [0.25, 0.3) is 0 Å². The molecule has 1 atom stereocenters. The lowest BCUT2D eigenvalue weighted by molar-refractivity contribution is -0.123. The Bertz CT molecular complexity index is 382. The van der Waals surface area contributed by atoms with E-state index in [2.05, 4.69) is 0 Å². The van der Waals surface area contributed by atoms with E-state index in [1.807, 2.05) is 6.92 Å². The molecule has 0 amide bonds. The minimum absolute atomic E-state index is 0.0509. The van der Waals surface area contributed by atoms with Crippen LogP contribution in [0.15, 0.2) is 18.2 Å². The van der Waals surface area contributed by atoms with Crippen molar-refractivity contribution in [1.29, 1.82) is 0 Å². The summed E-state index contributed by atoms with van der Waals surface area (Å²) in [6, 6.07) is 5.19. The van der Waals surface area contributed by atoms with Gasteiger partial charge in [0.25, 0.3) is 0 Å². The first kappa shape index (κ1) is 13.5. The van der Waals surface area contributed by atoms with Gasteiger partial charge in [-0.1, -0.05) is 36.2 Å². The summed E-state index contributed by atoms with van der Waals surface area (Å²) in [5.41, 5.74) is 5.71. The zero-order valence-corrected chi connectivity index (χ0v) is 10.9. The van der Waals surface area contributed by atoms with Gasteiger partial charge in [-0.2, -0.15) is 0 Å². The Balaban J connectivity index is 2.94. The van der Waals surface area contributed by atoms with Crippen LogP contribution in [0, 0.1) is 0 Å².